The van der Waals surface area contributed by atoms with Gasteiger partial charge >= 0.3 is 0 Å². The molecule has 4 heterocycles. The molecule has 0 unspecified atom stereocenters. The fraction of sp³-hybridized carbons (Fsp3) is 0.107. The smallest absolute Gasteiger partial charge is 0.283 e. The number of hydrogen-bond acceptors (Lipinski definition) is 6. The van der Waals surface area contributed by atoms with Crippen LogP contribution in [0.3, 0.4) is 0 Å². The molecule has 2 aliphatic heterocycles. The number of nitrogens with one attached hydrogen (secondary N) is 1. The number of fused-ring (bicyclic) bond motifs is 2. The van der Waals surface area contributed by atoms with Crippen molar-refractivity contribution in [2.45, 2.75) is 13.0 Å². The molecule has 4 aromatic rings. The summed E-state index contributed by atoms with van der Waals surface area (Å²) in [5.41, 5.74) is 2.93. The Bertz CT molecular complexity index is 1590. The van der Waals surface area contributed by atoms with Gasteiger partial charge in [0, 0.05) is 47.2 Å². The minimum absolute atomic E-state index is 0.00878. The lowest BCUT2D eigenvalue weighted by atomic mass is 10.1. The quantitative estimate of drug-likeness (QED) is 0.275. The molecule has 0 spiro atoms. The number of carbonyl (C=O) groups is 1. The van der Waals surface area contributed by atoms with Crippen LogP contribution in [-0.4, -0.2) is 43.1 Å². The molecular weight excluding hydrogens is 484 g/mol. The summed E-state index contributed by atoms with van der Waals surface area (Å²) in [5, 5.41) is 16.7. The van der Waals surface area contributed by atoms with Gasteiger partial charge in [-0.05, 0) is 54.6 Å². The van der Waals surface area contributed by atoms with Gasteiger partial charge in [-0.3, -0.25) is 15.2 Å². The highest BCUT2D eigenvalue weighted by Gasteiger charge is 2.36. The van der Waals surface area contributed by atoms with Gasteiger partial charge in [0.25, 0.3) is 5.91 Å². The number of aryl methyl sites for hydroxylation is 1. The van der Waals surface area contributed by atoms with E-state index in [1.165, 1.54) is 16.8 Å². The van der Waals surface area contributed by atoms with Gasteiger partial charge in [0.05, 0.1) is 12.2 Å². The van der Waals surface area contributed by atoms with Gasteiger partial charge in [-0.1, -0.05) is 36.4 Å². The van der Waals surface area contributed by atoms with Gasteiger partial charge in [-0.2, -0.15) is 15.1 Å². The molecule has 0 radical (unpaired) electrons. The molecule has 1 N–H and O–H groups in total. The highest BCUT2D eigenvalue weighted by Crippen LogP contribution is 2.32. The number of hydrogen-bond donors (Lipinski definition) is 1. The van der Waals surface area contributed by atoms with Crippen molar-refractivity contribution in [1.29, 1.82) is 5.41 Å². The Morgan fingerprint density at radius 3 is 2.70 bits per heavy atom. The molecule has 9 heteroatoms. The molecule has 8 nitrogen and oxygen atoms in total. The van der Waals surface area contributed by atoms with Gasteiger partial charge < -0.3 is 9.30 Å². The lowest BCUT2D eigenvalue weighted by molar-refractivity contribution is -0.114. The van der Waals surface area contributed by atoms with E-state index < -0.39 is 5.91 Å². The fourth-order valence-corrected chi connectivity index (χ4v) is 5.15. The number of thioether (sulfide) groups is 1. The third kappa shape index (κ3) is 4.56. The first-order valence-electron chi connectivity index (χ1n) is 11.8. The van der Waals surface area contributed by atoms with Gasteiger partial charge in [-0.15, -0.1) is 0 Å². The predicted octanol–water partition coefficient (Wildman–Crippen LogP) is 5.17. The zero-order valence-electron chi connectivity index (χ0n) is 19.7. The Hall–Kier alpha value is -4.50. The minimum Gasteiger partial charge on any atom is -0.494 e. The Morgan fingerprint density at radius 2 is 1.86 bits per heavy atom. The highest BCUT2D eigenvalue weighted by atomic mass is 32.2. The monoisotopic (exact) mass is 506 g/mol. The maximum absolute atomic E-state index is 13.0. The molecule has 182 valence electrons. The van der Waals surface area contributed by atoms with Crippen molar-refractivity contribution in [3.8, 4) is 5.75 Å². The number of hydrazone groups is 1. The molecular formula is C28H22N6O2S. The van der Waals surface area contributed by atoms with Crippen molar-refractivity contribution in [2.24, 2.45) is 10.1 Å². The summed E-state index contributed by atoms with van der Waals surface area (Å²) in [6.07, 6.45) is 7.97. The molecule has 1 amide bonds. The summed E-state index contributed by atoms with van der Waals surface area (Å²) in [5.74, 6) is 0.419. The third-order valence-corrected chi connectivity index (χ3v) is 7.00. The van der Waals surface area contributed by atoms with Crippen LogP contribution in [0.15, 0.2) is 101 Å². The van der Waals surface area contributed by atoms with Crippen LogP contribution in [0.25, 0.3) is 17.0 Å². The normalized spacial score (nSPS) is 16.2. The number of amides is 1. The highest BCUT2D eigenvalue weighted by molar-refractivity contribution is 8.27. The average Bonchev–Trinajstić information content (AvgIpc) is 3.52. The van der Waals surface area contributed by atoms with Crippen molar-refractivity contribution >= 4 is 50.7 Å². The Balaban J connectivity index is 1.25. The summed E-state index contributed by atoms with van der Waals surface area (Å²) in [6, 6.07) is 21.5. The van der Waals surface area contributed by atoms with E-state index >= 15 is 0 Å². The van der Waals surface area contributed by atoms with Crippen LogP contribution < -0.4 is 4.74 Å². The van der Waals surface area contributed by atoms with Crippen molar-refractivity contribution in [1.82, 2.24) is 14.6 Å². The number of pyridine rings is 1. The Kier molecular flexibility index (Phi) is 6.11. The van der Waals surface area contributed by atoms with Crippen molar-refractivity contribution < 1.29 is 9.53 Å². The summed E-state index contributed by atoms with van der Waals surface area (Å²) in [4.78, 5) is 21.3. The van der Waals surface area contributed by atoms with Crippen LogP contribution in [0.4, 0.5) is 0 Å². The largest absolute Gasteiger partial charge is 0.494 e. The molecule has 37 heavy (non-hydrogen) atoms. The van der Waals surface area contributed by atoms with Crippen LogP contribution >= 0.6 is 11.8 Å². The number of para-hydroxylation sites is 2. The van der Waals surface area contributed by atoms with Gasteiger partial charge in [0.2, 0.25) is 5.17 Å². The van der Waals surface area contributed by atoms with E-state index in [1.807, 2.05) is 66.9 Å². The molecule has 0 bridgehead atoms. The van der Waals surface area contributed by atoms with E-state index in [9.17, 15) is 4.79 Å². The fourth-order valence-electron chi connectivity index (χ4n) is 4.27. The molecule has 2 aromatic heterocycles. The van der Waals surface area contributed by atoms with Gasteiger partial charge in [0.15, 0.2) is 5.84 Å². The second-order valence-electron chi connectivity index (χ2n) is 8.48. The van der Waals surface area contributed by atoms with Crippen molar-refractivity contribution in [2.75, 3.05) is 6.61 Å². The molecule has 6 rings (SSSR count). The number of ether oxygens (including phenoxy) is 1. The topological polar surface area (TPSA) is 95.9 Å². The zero-order valence-corrected chi connectivity index (χ0v) is 20.6. The number of aromatic nitrogens is 2. The SMILES string of the molecule is N=C1C(=Cc2cn(CCCOc3ccccc3)c3ccccc23)C(=O)N=C2SC(c3cccnc3)=NN12. The van der Waals surface area contributed by atoms with Gasteiger partial charge in [0.1, 0.15) is 10.8 Å². The molecule has 0 saturated carbocycles. The minimum atomic E-state index is -0.445. The lowest BCUT2D eigenvalue weighted by Gasteiger charge is -2.20. The van der Waals surface area contributed by atoms with Crippen LogP contribution in [0.2, 0.25) is 0 Å². The van der Waals surface area contributed by atoms with E-state index in [-0.39, 0.29) is 11.4 Å². The first-order chi connectivity index (χ1) is 18.2. The first kappa shape index (κ1) is 22.9. The van der Waals surface area contributed by atoms with Crippen LogP contribution in [0.1, 0.15) is 17.5 Å². The number of amidine groups is 2. The van der Waals surface area contributed by atoms with E-state index in [2.05, 4.69) is 25.7 Å². The molecule has 2 aliphatic rings. The third-order valence-electron chi connectivity index (χ3n) is 6.04. The number of nitrogens with zero attached hydrogens (tertiary/aromatic N) is 5. The average molecular weight is 507 g/mol. The van der Waals surface area contributed by atoms with E-state index in [4.69, 9.17) is 10.1 Å². The van der Waals surface area contributed by atoms with E-state index in [1.54, 1.807) is 18.5 Å². The lowest BCUT2D eigenvalue weighted by Crippen LogP contribution is -2.35. The summed E-state index contributed by atoms with van der Waals surface area (Å²) >= 11 is 1.26. The first-order valence-corrected chi connectivity index (χ1v) is 12.7. The molecule has 0 aliphatic carbocycles. The zero-order chi connectivity index (χ0) is 25.2. The predicted molar refractivity (Wildman–Crippen MR) is 147 cm³/mol. The maximum Gasteiger partial charge on any atom is 0.283 e. The number of aliphatic imine (C=N–C) groups is 1. The summed E-state index contributed by atoms with van der Waals surface area (Å²) in [6.45, 7) is 1.35. The van der Waals surface area contributed by atoms with Crippen LogP contribution in [-0.2, 0) is 11.3 Å². The summed E-state index contributed by atoms with van der Waals surface area (Å²) < 4.78 is 8.00. The van der Waals surface area contributed by atoms with Crippen molar-refractivity contribution in [3.05, 3.63) is 102 Å². The van der Waals surface area contributed by atoms with Gasteiger partial charge in [-0.25, -0.2) is 0 Å². The standard InChI is InChI=1S/C28H22N6O2S/c29-25-23(26(35)31-28-34(25)32-27(37-28)19-8-6-13-30-17-19)16-20-18-33(24-12-5-4-11-22(20)24)14-7-15-36-21-9-2-1-3-10-21/h1-6,8-13,16-18,29H,7,14-15H2. The molecule has 0 atom stereocenters. The van der Waals surface area contributed by atoms with Crippen LogP contribution in [0, 0.1) is 5.41 Å². The molecule has 2 aromatic carbocycles. The molecule has 0 saturated heterocycles. The number of benzene rings is 2. The van der Waals surface area contributed by atoms with E-state index in [0.717, 1.165) is 40.7 Å². The second kappa shape index (κ2) is 9.87. The summed E-state index contributed by atoms with van der Waals surface area (Å²) in [7, 11) is 0. The second-order valence-corrected chi connectivity index (χ2v) is 9.43. The maximum atomic E-state index is 13.0. The van der Waals surface area contributed by atoms with Crippen LogP contribution in [0.5, 0.6) is 5.75 Å². The van der Waals surface area contributed by atoms with Crippen molar-refractivity contribution in [3.63, 3.8) is 0 Å². The molecule has 0 fully saturated rings. The number of rotatable bonds is 7. The number of carbonyl (C=O) groups excluding carboxylic acids is 1. The Morgan fingerprint density at radius 1 is 1.03 bits per heavy atom. The Labute approximate surface area is 217 Å². The van der Waals surface area contributed by atoms with E-state index in [0.29, 0.717) is 16.8 Å².